The molecule has 1 unspecified atom stereocenters. The zero-order valence-electron chi connectivity index (χ0n) is 11.5. The van der Waals surface area contributed by atoms with E-state index in [0.29, 0.717) is 5.92 Å². The summed E-state index contributed by atoms with van der Waals surface area (Å²) in [6.45, 7) is 3.26. The van der Waals surface area contributed by atoms with E-state index >= 15 is 0 Å². The first kappa shape index (κ1) is 14.8. The van der Waals surface area contributed by atoms with Gasteiger partial charge in [0.2, 0.25) is 0 Å². The summed E-state index contributed by atoms with van der Waals surface area (Å²) in [5.41, 5.74) is 2.11. The maximum Gasteiger partial charge on any atom is 0.328 e. The Morgan fingerprint density at radius 2 is 2.30 bits per heavy atom. The Morgan fingerprint density at radius 1 is 1.45 bits per heavy atom. The number of aliphatic carboxylic acids is 1. The molecule has 0 spiro atoms. The summed E-state index contributed by atoms with van der Waals surface area (Å²) >= 11 is 0. The molecule has 2 rings (SSSR count). The Bertz CT molecular complexity index is 484. The first-order valence-electron chi connectivity index (χ1n) is 7.00. The number of likely N-dealkylation sites (tertiary alicyclic amines) is 1. The van der Waals surface area contributed by atoms with Gasteiger partial charge in [-0.3, -0.25) is 4.90 Å². The average Bonchev–Trinajstić information content (AvgIpc) is 2.85. The minimum atomic E-state index is -0.929. The van der Waals surface area contributed by atoms with Crippen LogP contribution >= 0.6 is 0 Å². The molecule has 2 N–H and O–H groups in total. The van der Waals surface area contributed by atoms with Gasteiger partial charge in [0, 0.05) is 25.8 Å². The summed E-state index contributed by atoms with van der Waals surface area (Å²) < 4.78 is 0. The van der Waals surface area contributed by atoms with Gasteiger partial charge in [-0.2, -0.15) is 0 Å². The van der Waals surface area contributed by atoms with Gasteiger partial charge in [0.15, 0.2) is 0 Å². The number of aliphatic hydroxyl groups excluding tert-OH is 1. The summed E-state index contributed by atoms with van der Waals surface area (Å²) in [5, 5.41) is 17.6. The van der Waals surface area contributed by atoms with E-state index in [9.17, 15) is 4.79 Å². The second-order valence-electron chi connectivity index (χ2n) is 5.32. The van der Waals surface area contributed by atoms with Crippen molar-refractivity contribution in [2.45, 2.75) is 19.4 Å². The van der Waals surface area contributed by atoms with Crippen LogP contribution in [-0.4, -0.2) is 40.8 Å². The molecule has 1 aliphatic rings. The molecule has 0 aromatic heterocycles. The molecular formula is C16H21NO3. The fourth-order valence-corrected chi connectivity index (χ4v) is 2.70. The minimum absolute atomic E-state index is 0.272. The van der Waals surface area contributed by atoms with Crippen molar-refractivity contribution in [3.05, 3.63) is 41.5 Å². The first-order valence-corrected chi connectivity index (χ1v) is 7.00. The van der Waals surface area contributed by atoms with Crippen LogP contribution < -0.4 is 0 Å². The van der Waals surface area contributed by atoms with Crippen molar-refractivity contribution in [1.82, 2.24) is 4.90 Å². The molecule has 0 amide bonds. The van der Waals surface area contributed by atoms with Crippen molar-refractivity contribution >= 4 is 12.0 Å². The largest absolute Gasteiger partial charge is 0.478 e. The molecule has 1 aromatic rings. The van der Waals surface area contributed by atoms with Crippen LogP contribution in [0.2, 0.25) is 0 Å². The number of nitrogens with zero attached hydrogens (tertiary/aromatic N) is 1. The monoisotopic (exact) mass is 275 g/mol. The summed E-state index contributed by atoms with van der Waals surface area (Å²) in [4.78, 5) is 12.9. The summed E-state index contributed by atoms with van der Waals surface area (Å²) in [6.07, 6.45) is 4.81. The van der Waals surface area contributed by atoms with Crippen LogP contribution in [0.5, 0.6) is 0 Å². The number of carbonyl (C=O) groups is 1. The van der Waals surface area contributed by atoms with Crippen LogP contribution in [0.4, 0.5) is 0 Å². The minimum Gasteiger partial charge on any atom is -0.478 e. The summed E-state index contributed by atoms with van der Waals surface area (Å²) in [5.74, 6) is -0.322. The zero-order chi connectivity index (χ0) is 14.4. The van der Waals surface area contributed by atoms with E-state index in [-0.39, 0.29) is 6.61 Å². The van der Waals surface area contributed by atoms with Crippen molar-refractivity contribution < 1.29 is 15.0 Å². The summed E-state index contributed by atoms with van der Waals surface area (Å²) in [6, 6.07) is 7.95. The molecule has 108 valence electrons. The zero-order valence-corrected chi connectivity index (χ0v) is 11.5. The lowest BCUT2D eigenvalue weighted by Gasteiger charge is -2.16. The van der Waals surface area contributed by atoms with Crippen LogP contribution in [0.1, 0.15) is 24.0 Å². The van der Waals surface area contributed by atoms with Crippen molar-refractivity contribution in [3.8, 4) is 0 Å². The van der Waals surface area contributed by atoms with Gasteiger partial charge < -0.3 is 10.2 Å². The molecular weight excluding hydrogens is 254 g/mol. The van der Waals surface area contributed by atoms with Crippen LogP contribution in [0.25, 0.3) is 6.08 Å². The molecule has 4 heteroatoms. The van der Waals surface area contributed by atoms with Gasteiger partial charge >= 0.3 is 5.97 Å². The first-order chi connectivity index (χ1) is 9.67. The Hall–Kier alpha value is -1.65. The fourth-order valence-electron chi connectivity index (χ4n) is 2.70. The topological polar surface area (TPSA) is 60.8 Å². The van der Waals surface area contributed by atoms with E-state index in [1.54, 1.807) is 6.08 Å². The second kappa shape index (κ2) is 7.22. The number of carboxylic acids is 1. The quantitative estimate of drug-likeness (QED) is 0.779. The number of rotatable bonds is 6. The van der Waals surface area contributed by atoms with E-state index in [1.165, 1.54) is 5.56 Å². The predicted molar refractivity (Wildman–Crippen MR) is 78.2 cm³/mol. The van der Waals surface area contributed by atoms with Gasteiger partial charge in [0.1, 0.15) is 0 Å². The molecule has 1 fully saturated rings. The average molecular weight is 275 g/mol. The van der Waals surface area contributed by atoms with Gasteiger partial charge in [0.25, 0.3) is 0 Å². The highest BCUT2D eigenvalue weighted by molar-refractivity contribution is 5.85. The molecule has 0 saturated carbocycles. The van der Waals surface area contributed by atoms with Crippen molar-refractivity contribution in [2.75, 3.05) is 19.7 Å². The second-order valence-corrected chi connectivity index (χ2v) is 5.32. The molecule has 1 heterocycles. The predicted octanol–water partition coefficient (Wildman–Crippen LogP) is 1.99. The smallest absolute Gasteiger partial charge is 0.328 e. The molecule has 1 aliphatic heterocycles. The molecule has 20 heavy (non-hydrogen) atoms. The lowest BCUT2D eigenvalue weighted by Crippen LogP contribution is -2.20. The number of aliphatic hydroxyl groups is 1. The van der Waals surface area contributed by atoms with Crippen molar-refractivity contribution in [3.63, 3.8) is 0 Å². The standard InChI is InChI=1S/C16H21NO3/c18-9-7-14-6-8-17(11-14)12-15-3-1-2-13(10-15)4-5-16(19)20/h1-5,10,14,18H,6-9,11-12H2,(H,19,20)/b5-4+. The SMILES string of the molecule is O=C(O)/C=C/c1cccc(CN2CCC(CCO)C2)c1. The van der Waals surface area contributed by atoms with Gasteiger partial charge in [-0.1, -0.05) is 24.3 Å². The van der Waals surface area contributed by atoms with E-state index < -0.39 is 5.97 Å². The molecule has 4 nitrogen and oxygen atoms in total. The number of benzene rings is 1. The van der Waals surface area contributed by atoms with Gasteiger partial charge in [0.05, 0.1) is 0 Å². The molecule has 1 aromatic carbocycles. The number of hydrogen-bond acceptors (Lipinski definition) is 3. The Balaban J connectivity index is 1.93. The van der Waals surface area contributed by atoms with Crippen LogP contribution in [-0.2, 0) is 11.3 Å². The number of hydrogen-bond donors (Lipinski definition) is 2. The lowest BCUT2D eigenvalue weighted by atomic mass is 10.1. The van der Waals surface area contributed by atoms with E-state index in [2.05, 4.69) is 11.0 Å². The lowest BCUT2D eigenvalue weighted by molar-refractivity contribution is -0.131. The van der Waals surface area contributed by atoms with Gasteiger partial charge in [-0.25, -0.2) is 4.79 Å². The van der Waals surface area contributed by atoms with E-state index in [1.807, 2.05) is 18.2 Å². The van der Waals surface area contributed by atoms with Crippen LogP contribution in [0.3, 0.4) is 0 Å². The van der Waals surface area contributed by atoms with Gasteiger partial charge in [-0.05, 0) is 42.5 Å². The van der Waals surface area contributed by atoms with E-state index in [0.717, 1.165) is 44.1 Å². The molecule has 0 bridgehead atoms. The highest BCUT2D eigenvalue weighted by atomic mass is 16.4. The van der Waals surface area contributed by atoms with Crippen LogP contribution in [0, 0.1) is 5.92 Å². The Labute approximate surface area is 119 Å². The van der Waals surface area contributed by atoms with Crippen molar-refractivity contribution in [1.29, 1.82) is 0 Å². The molecule has 1 saturated heterocycles. The third kappa shape index (κ3) is 4.47. The molecule has 0 radical (unpaired) electrons. The highest BCUT2D eigenvalue weighted by Crippen LogP contribution is 2.21. The number of carboxylic acid groups (broad SMARTS) is 1. The molecule has 1 atom stereocenters. The Morgan fingerprint density at radius 3 is 3.05 bits per heavy atom. The van der Waals surface area contributed by atoms with Crippen molar-refractivity contribution in [2.24, 2.45) is 5.92 Å². The Kier molecular flexibility index (Phi) is 5.32. The third-order valence-electron chi connectivity index (χ3n) is 3.68. The fraction of sp³-hybridized carbons (Fsp3) is 0.438. The molecule has 0 aliphatic carbocycles. The van der Waals surface area contributed by atoms with Gasteiger partial charge in [-0.15, -0.1) is 0 Å². The van der Waals surface area contributed by atoms with Crippen LogP contribution in [0.15, 0.2) is 30.3 Å². The highest BCUT2D eigenvalue weighted by Gasteiger charge is 2.21. The normalized spacial score (nSPS) is 19.8. The maximum atomic E-state index is 10.5. The summed E-state index contributed by atoms with van der Waals surface area (Å²) in [7, 11) is 0. The maximum absolute atomic E-state index is 10.5. The van der Waals surface area contributed by atoms with E-state index in [4.69, 9.17) is 10.2 Å². The third-order valence-corrected chi connectivity index (χ3v) is 3.68.